The van der Waals surface area contributed by atoms with Gasteiger partial charge in [-0.05, 0) is 121 Å². The summed E-state index contributed by atoms with van der Waals surface area (Å²) in [5.41, 5.74) is 5.39. The quantitative estimate of drug-likeness (QED) is 0.332. The fourth-order valence-electron chi connectivity index (χ4n) is 7.17. The van der Waals surface area contributed by atoms with Crippen molar-refractivity contribution in [3.05, 3.63) is 65.7 Å². The lowest BCUT2D eigenvalue weighted by Crippen LogP contribution is -2.29. The van der Waals surface area contributed by atoms with Crippen LogP contribution in [0.5, 0.6) is 11.5 Å². The minimum Gasteiger partial charge on any atom is -0.454 e. The molecule has 3 nitrogen and oxygen atoms in total. The number of ether oxygens (including phenoxy) is 2. The zero-order valence-corrected chi connectivity index (χ0v) is 29.0. The molecule has 4 aliphatic rings. The summed E-state index contributed by atoms with van der Waals surface area (Å²) in [6.45, 7) is 23.5. The van der Waals surface area contributed by atoms with Gasteiger partial charge in [0, 0.05) is 18.8 Å². The second-order valence-corrected chi connectivity index (χ2v) is 17.2. The first-order chi connectivity index (χ1) is 20.1. The smallest absolute Gasteiger partial charge is 0.231 e. The molecule has 2 aliphatic carbocycles. The summed E-state index contributed by atoms with van der Waals surface area (Å²) in [6, 6.07) is 15.4. The number of hydrogen-bond donors (Lipinski definition) is 0. The van der Waals surface area contributed by atoms with Gasteiger partial charge in [-0.25, -0.2) is 0 Å². The van der Waals surface area contributed by atoms with Crippen LogP contribution in [0.25, 0.3) is 0 Å². The number of fused-ring (bicyclic) bond motifs is 3. The Kier molecular flexibility index (Phi) is 11.0. The van der Waals surface area contributed by atoms with Gasteiger partial charge >= 0.3 is 0 Å². The van der Waals surface area contributed by atoms with Crippen LogP contribution in [-0.2, 0) is 12.8 Å². The van der Waals surface area contributed by atoms with E-state index in [1.165, 1.54) is 68.4 Å². The Morgan fingerprint density at radius 3 is 1.81 bits per heavy atom. The highest BCUT2D eigenvalue weighted by atomic mass is 16.7. The lowest BCUT2D eigenvalue weighted by Gasteiger charge is -2.29. The van der Waals surface area contributed by atoms with E-state index in [0.717, 1.165) is 42.1 Å². The maximum atomic E-state index is 5.33. The van der Waals surface area contributed by atoms with Crippen molar-refractivity contribution in [2.45, 2.75) is 114 Å². The molecule has 6 rings (SSSR count). The Morgan fingerprint density at radius 1 is 0.651 bits per heavy atom. The molecule has 0 amide bonds. The average molecular weight is 588 g/mol. The molecule has 2 heterocycles. The molecule has 43 heavy (non-hydrogen) atoms. The first-order valence-corrected chi connectivity index (χ1v) is 17.0. The second kappa shape index (κ2) is 14.1. The third-order valence-electron chi connectivity index (χ3n) is 8.85. The molecule has 0 aromatic heterocycles. The number of nitrogens with zero attached hydrogens (tertiary/aromatic N) is 1. The topological polar surface area (TPSA) is 21.7 Å². The molecule has 2 aromatic carbocycles. The lowest BCUT2D eigenvalue weighted by atomic mass is 9.79. The molecule has 2 aliphatic heterocycles. The lowest BCUT2D eigenvalue weighted by molar-refractivity contribution is 0.174. The standard InChI is InChI=1S/C16H25N.C12H16O2.C12H20/c1-16(2,3)13-14-7-9-15(10-8-14)17-11-5-4-6-12-17;1-12(2,3)7-9-4-5-10-11(6-9)14-8-13-10;1-12(2,3)8-11-7-9-4-5-10(11)6-9/h7-10H,4-6,11-13H2,1-3H3;4-6H,7-8H2,1-3H3;4-5,9-11H,6-8H2,1-3H3. The van der Waals surface area contributed by atoms with Crippen molar-refractivity contribution in [2.24, 2.45) is 34.0 Å². The van der Waals surface area contributed by atoms with Gasteiger partial charge in [0.05, 0.1) is 0 Å². The summed E-state index contributed by atoms with van der Waals surface area (Å²) in [5.74, 6) is 4.63. The average Bonchev–Trinajstić information content (AvgIpc) is 3.65. The Balaban J connectivity index is 0.000000150. The van der Waals surface area contributed by atoms with Crippen LogP contribution in [0.4, 0.5) is 5.69 Å². The number of hydrogen-bond acceptors (Lipinski definition) is 3. The second-order valence-electron chi connectivity index (χ2n) is 17.2. The first kappa shape index (κ1) is 33.5. The van der Waals surface area contributed by atoms with Crippen molar-refractivity contribution in [3.63, 3.8) is 0 Å². The van der Waals surface area contributed by atoms with Crippen LogP contribution in [0.3, 0.4) is 0 Å². The van der Waals surface area contributed by atoms with Crippen molar-refractivity contribution in [3.8, 4) is 11.5 Å². The largest absolute Gasteiger partial charge is 0.454 e. The Labute approximate surface area is 264 Å². The maximum Gasteiger partial charge on any atom is 0.231 e. The zero-order valence-electron chi connectivity index (χ0n) is 29.0. The third kappa shape index (κ3) is 11.2. The molecule has 238 valence electrons. The minimum absolute atomic E-state index is 0.313. The monoisotopic (exact) mass is 587 g/mol. The fourth-order valence-corrected chi connectivity index (χ4v) is 7.17. The van der Waals surface area contributed by atoms with Crippen molar-refractivity contribution in [1.82, 2.24) is 0 Å². The van der Waals surface area contributed by atoms with E-state index in [1.54, 1.807) is 0 Å². The molecule has 1 saturated carbocycles. The van der Waals surface area contributed by atoms with Crippen LogP contribution >= 0.6 is 0 Å². The number of piperidine rings is 1. The Morgan fingerprint density at radius 2 is 1.26 bits per heavy atom. The van der Waals surface area contributed by atoms with Crippen molar-refractivity contribution >= 4 is 5.69 Å². The van der Waals surface area contributed by atoms with E-state index in [2.05, 4.69) is 116 Å². The van der Waals surface area contributed by atoms with Crippen LogP contribution in [0.2, 0.25) is 0 Å². The molecule has 3 unspecified atom stereocenters. The Hall–Kier alpha value is -2.42. The molecular weight excluding hydrogens is 526 g/mol. The molecule has 3 heteroatoms. The highest BCUT2D eigenvalue weighted by molar-refractivity contribution is 5.48. The van der Waals surface area contributed by atoms with Gasteiger partial charge in [0.25, 0.3) is 0 Å². The van der Waals surface area contributed by atoms with Crippen LogP contribution in [-0.4, -0.2) is 19.9 Å². The van der Waals surface area contributed by atoms with Crippen LogP contribution in [0.1, 0.15) is 112 Å². The van der Waals surface area contributed by atoms with Crippen molar-refractivity contribution in [2.75, 3.05) is 24.8 Å². The van der Waals surface area contributed by atoms with E-state index in [0.29, 0.717) is 23.0 Å². The highest BCUT2D eigenvalue weighted by Crippen LogP contribution is 2.47. The van der Waals surface area contributed by atoms with Gasteiger partial charge < -0.3 is 14.4 Å². The molecule has 0 N–H and O–H groups in total. The van der Waals surface area contributed by atoms with E-state index in [-0.39, 0.29) is 0 Å². The molecule has 2 fully saturated rings. The minimum atomic E-state index is 0.313. The molecular formula is C40H61NO2. The van der Waals surface area contributed by atoms with E-state index in [4.69, 9.17) is 9.47 Å². The molecule has 2 bridgehead atoms. The van der Waals surface area contributed by atoms with Gasteiger partial charge in [0.2, 0.25) is 6.79 Å². The number of rotatable bonds is 4. The SMILES string of the molecule is CC(C)(C)CC1CC2C=CC1C2.CC(C)(C)Cc1ccc(N2CCCCC2)cc1.CC(C)(C)Cc1ccc2c(c1)OCO2. The van der Waals surface area contributed by atoms with Crippen molar-refractivity contribution in [1.29, 1.82) is 0 Å². The molecule has 1 saturated heterocycles. The first-order valence-electron chi connectivity index (χ1n) is 17.0. The summed E-state index contributed by atoms with van der Waals surface area (Å²) in [4.78, 5) is 2.52. The maximum absolute atomic E-state index is 5.33. The summed E-state index contributed by atoms with van der Waals surface area (Å²) in [6.07, 6.45) is 15.6. The predicted molar refractivity (Wildman–Crippen MR) is 184 cm³/mol. The van der Waals surface area contributed by atoms with Gasteiger partial charge in [-0.15, -0.1) is 0 Å². The summed E-state index contributed by atoms with van der Waals surface area (Å²) >= 11 is 0. The number of benzene rings is 2. The predicted octanol–water partition coefficient (Wildman–Crippen LogP) is 10.9. The van der Waals surface area contributed by atoms with Crippen LogP contribution in [0, 0.1) is 34.0 Å². The van der Waals surface area contributed by atoms with Crippen LogP contribution in [0.15, 0.2) is 54.6 Å². The van der Waals surface area contributed by atoms with Gasteiger partial charge in [-0.2, -0.15) is 0 Å². The molecule has 2 aromatic rings. The van der Waals surface area contributed by atoms with E-state index in [9.17, 15) is 0 Å². The zero-order chi connectivity index (χ0) is 31.3. The fraction of sp³-hybridized carbons (Fsp3) is 0.650. The summed E-state index contributed by atoms with van der Waals surface area (Å²) in [7, 11) is 0. The number of allylic oxidation sites excluding steroid dienone is 2. The number of anilines is 1. The van der Waals surface area contributed by atoms with E-state index >= 15 is 0 Å². The van der Waals surface area contributed by atoms with Gasteiger partial charge in [-0.1, -0.05) is 92.7 Å². The normalized spacial score (nSPS) is 22.5. The highest BCUT2D eigenvalue weighted by Gasteiger charge is 2.37. The van der Waals surface area contributed by atoms with E-state index < -0.39 is 0 Å². The third-order valence-corrected chi connectivity index (χ3v) is 8.85. The van der Waals surface area contributed by atoms with Gasteiger partial charge in [0.15, 0.2) is 11.5 Å². The van der Waals surface area contributed by atoms with Gasteiger partial charge in [-0.3, -0.25) is 0 Å². The molecule has 0 spiro atoms. The van der Waals surface area contributed by atoms with Crippen LogP contribution < -0.4 is 14.4 Å². The molecule has 3 atom stereocenters. The summed E-state index contributed by atoms with van der Waals surface area (Å²) < 4.78 is 10.6. The van der Waals surface area contributed by atoms with Gasteiger partial charge in [0.1, 0.15) is 0 Å². The van der Waals surface area contributed by atoms with Crippen molar-refractivity contribution < 1.29 is 9.47 Å². The molecule has 0 radical (unpaired) electrons. The van der Waals surface area contributed by atoms with E-state index in [1.807, 2.05) is 6.07 Å². The summed E-state index contributed by atoms with van der Waals surface area (Å²) in [5, 5.41) is 0. The Bertz CT molecular complexity index is 1170.